The van der Waals surface area contributed by atoms with E-state index < -0.39 is 0 Å². The second-order valence-corrected chi connectivity index (χ2v) is 3.53. The molecule has 2 heterocycles. The molecule has 1 aromatic rings. The van der Waals surface area contributed by atoms with Crippen molar-refractivity contribution >= 4 is 5.95 Å². The van der Waals surface area contributed by atoms with Gasteiger partial charge in [-0.3, -0.25) is 0 Å². The Morgan fingerprint density at radius 3 is 3.33 bits per heavy atom. The van der Waals surface area contributed by atoms with Crippen molar-refractivity contribution in [3.8, 4) is 5.88 Å². The Kier molecular flexibility index (Phi) is 3.34. The van der Waals surface area contributed by atoms with Crippen molar-refractivity contribution in [2.24, 2.45) is 5.92 Å². The lowest BCUT2D eigenvalue weighted by Crippen LogP contribution is -2.15. The number of rotatable bonds is 4. The van der Waals surface area contributed by atoms with Gasteiger partial charge in [0.2, 0.25) is 11.8 Å². The second-order valence-electron chi connectivity index (χ2n) is 3.53. The molecule has 1 aliphatic rings. The first-order valence-corrected chi connectivity index (χ1v) is 5.07. The van der Waals surface area contributed by atoms with Crippen LogP contribution in [-0.4, -0.2) is 36.8 Å². The van der Waals surface area contributed by atoms with Crippen molar-refractivity contribution in [3.63, 3.8) is 0 Å². The van der Waals surface area contributed by atoms with Gasteiger partial charge in [-0.15, -0.1) is 0 Å². The van der Waals surface area contributed by atoms with Gasteiger partial charge in [0, 0.05) is 31.3 Å². The number of hydrogen-bond acceptors (Lipinski definition) is 5. The minimum absolute atomic E-state index is 0.569. The zero-order chi connectivity index (χ0) is 10.5. The third-order valence-corrected chi connectivity index (χ3v) is 2.41. The maximum absolute atomic E-state index is 5.28. The Hall–Kier alpha value is -1.36. The summed E-state index contributed by atoms with van der Waals surface area (Å²) in [5.41, 5.74) is 0. The SMILES string of the molecule is COc1ccnc(NCC2CCOC2)n1. The van der Waals surface area contributed by atoms with Crippen LogP contribution in [0, 0.1) is 5.92 Å². The molecule has 1 aromatic heterocycles. The van der Waals surface area contributed by atoms with Crippen LogP contribution in [0.1, 0.15) is 6.42 Å². The molecule has 1 N–H and O–H groups in total. The summed E-state index contributed by atoms with van der Waals surface area (Å²) in [6, 6.07) is 1.73. The monoisotopic (exact) mass is 209 g/mol. The van der Waals surface area contributed by atoms with Crippen LogP contribution in [0.15, 0.2) is 12.3 Å². The molecule has 1 saturated heterocycles. The maximum atomic E-state index is 5.28. The lowest BCUT2D eigenvalue weighted by atomic mass is 10.1. The summed E-state index contributed by atoms with van der Waals surface area (Å²) in [5.74, 6) is 1.76. The molecule has 5 nitrogen and oxygen atoms in total. The van der Waals surface area contributed by atoms with Crippen LogP contribution in [0.3, 0.4) is 0 Å². The lowest BCUT2D eigenvalue weighted by molar-refractivity contribution is 0.187. The fourth-order valence-corrected chi connectivity index (χ4v) is 1.52. The number of ether oxygens (including phenoxy) is 2. The van der Waals surface area contributed by atoms with E-state index in [0.29, 0.717) is 17.7 Å². The van der Waals surface area contributed by atoms with Crippen molar-refractivity contribution in [2.75, 3.05) is 32.2 Å². The fraction of sp³-hybridized carbons (Fsp3) is 0.600. The largest absolute Gasteiger partial charge is 0.481 e. The van der Waals surface area contributed by atoms with Gasteiger partial charge in [-0.1, -0.05) is 0 Å². The zero-order valence-electron chi connectivity index (χ0n) is 8.77. The smallest absolute Gasteiger partial charge is 0.225 e. The van der Waals surface area contributed by atoms with E-state index in [2.05, 4.69) is 15.3 Å². The Labute approximate surface area is 88.8 Å². The van der Waals surface area contributed by atoms with Crippen LogP contribution in [0.4, 0.5) is 5.95 Å². The molecular formula is C10H15N3O2. The highest BCUT2D eigenvalue weighted by molar-refractivity contribution is 5.27. The first kappa shape index (κ1) is 10.2. The van der Waals surface area contributed by atoms with E-state index in [1.165, 1.54) is 0 Å². The molecule has 0 aromatic carbocycles. The Bertz CT molecular complexity index is 313. The van der Waals surface area contributed by atoms with Gasteiger partial charge >= 0.3 is 0 Å². The van der Waals surface area contributed by atoms with Gasteiger partial charge in [0.1, 0.15) is 0 Å². The molecule has 1 aliphatic heterocycles. The summed E-state index contributed by atoms with van der Waals surface area (Å²) >= 11 is 0. The maximum Gasteiger partial charge on any atom is 0.225 e. The van der Waals surface area contributed by atoms with Crippen LogP contribution in [0.25, 0.3) is 0 Å². The van der Waals surface area contributed by atoms with Gasteiger partial charge < -0.3 is 14.8 Å². The molecule has 0 bridgehead atoms. The second kappa shape index (κ2) is 4.93. The number of anilines is 1. The molecule has 0 saturated carbocycles. The summed E-state index contributed by atoms with van der Waals surface area (Å²) in [6.45, 7) is 2.55. The van der Waals surface area contributed by atoms with Gasteiger partial charge in [0.15, 0.2) is 0 Å². The van der Waals surface area contributed by atoms with E-state index >= 15 is 0 Å². The molecule has 1 fully saturated rings. The quantitative estimate of drug-likeness (QED) is 0.799. The molecule has 1 atom stereocenters. The van der Waals surface area contributed by atoms with Crippen molar-refractivity contribution < 1.29 is 9.47 Å². The summed E-state index contributed by atoms with van der Waals surface area (Å²) in [7, 11) is 1.59. The van der Waals surface area contributed by atoms with E-state index in [1.807, 2.05) is 0 Å². The van der Waals surface area contributed by atoms with E-state index in [-0.39, 0.29) is 0 Å². The minimum Gasteiger partial charge on any atom is -0.481 e. The van der Waals surface area contributed by atoms with Crippen molar-refractivity contribution in [1.29, 1.82) is 0 Å². The summed E-state index contributed by atoms with van der Waals surface area (Å²) in [5, 5.41) is 3.18. The highest BCUT2D eigenvalue weighted by atomic mass is 16.5. The molecular weight excluding hydrogens is 194 g/mol. The third-order valence-electron chi connectivity index (χ3n) is 2.41. The Balaban J connectivity index is 1.86. The van der Waals surface area contributed by atoms with Crippen LogP contribution in [0.2, 0.25) is 0 Å². The molecule has 5 heteroatoms. The normalized spacial score (nSPS) is 20.2. The molecule has 2 rings (SSSR count). The van der Waals surface area contributed by atoms with Gasteiger partial charge in [0.05, 0.1) is 13.7 Å². The molecule has 0 radical (unpaired) electrons. The van der Waals surface area contributed by atoms with E-state index in [0.717, 1.165) is 26.2 Å². The fourth-order valence-electron chi connectivity index (χ4n) is 1.52. The average Bonchev–Trinajstić information content (AvgIpc) is 2.79. The number of hydrogen-bond donors (Lipinski definition) is 1. The minimum atomic E-state index is 0.569. The van der Waals surface area contributed by atoms with Crippen LogP contribution < -0.4 is 10.1 Å². The molecule has 1 unspecified atom stereocenters. The summed E-state index contributed by atoms with van der Waals surface area (Å²) in [4.78, 5) is 8.27. The van der Waals surface area contributed by atoms with E-state index in [9.17, 15) is 0 Å². The van der Waals surface area contributed by atoms with Crippen molar-refractivity contribution in [2.45, 2.75) is 6.42 Å². The molecule has 0 amide bonds. The van der Waals surface area contributed by atoms with Gasteiger partial charge in [-0.25, -0.2) is 4.98 Å². The highest BCUT2D eigenvalue weighted by Gasteiger charge is 2.15. The molecule has 0 spiro atoms. The van der Waals surface area contributed by atoms with Crippen molar-refractivity contribution in [3.05, 3.63) is 12.3 Å². The molecule has 15 heavy (non-hydrogen) atoms. The first-order valence-electron chi connectivity index (χ1n) is 5.07. The van der Waals surface area contributed by atoms with E-state index in [4.69, 9.17) is 9.47 Å². The lowest BCUT2D eigenvalue weighted by Gasteiger charge is -2.09. The topological polar surface area (TPSA) is 56.3 Å². The summed E-state index contributed by atoms with van der Waals surface area (Å²) < 4.78 is 10.3. The molecule has 82 valence electrons. The predicted molar refractivity (Wildman–Crippen MR) is 56.0 cm³/mol. The first-order chi connectivity index (χ1) is 7.38. The predicted octanol–water partition coefficient (Wildman–Crippen LogP) is 0.934. The number of nitrogens with zero attached hydrogens (tertiary/aromatic N) is 2. The van der Waals surface area contributed by atoms with Crippen molar-refractivity contribution in [1.82, 2.24) is 9.97 Å². The average molecular weight is 209 g/mol. The van der Waals surface area contributed by atoms with Gasteiger partial charge in [-0.2, -0.15) is 4.98 Å². The third kappa shape index (κ3) is 2.79. The summed E-state index contributed by atoms with van der Waals surface area (Å²) in [6.07, 6.45) is 2.79. The van der Waals surface area contributed by atoms with Gasteiger partial charge in [0.25, 0.3) is 0 Å². The van der Waals surface area contributed by atoms with Crippen LogP contribution in [-0.2, 0) is 4.74 Å². The Morgan fingerprint density at radius 1 is 1.67 bits per heavy atom. The Morgan fingerprint density at radius 2 is 2.60 bits per heavy atom. The molecule has 0 aliphatic carbocycles. The number of nitrogens with one attached hydrogen (secondary N) is 1. The standard InChI is InChI=1S/C10H15N3O2/c1-14-9-2-4-11-10(13-9)12-6-8-3-5-15-7-8/h2,4,8H,3,5-7H2,1H3,(H,11,12,13). The van der Waals surface area contributed by atoms with Crippen LogP contribution >= 0.6 is 0 Å². The van der Waals surface area contributed by atoms with E-state index in [1.54, 1.807) is 19.4 Å². The zero-order valence-corrected chi connectivity index (χ0v) is 8.77. The highest BCUT2D eigenvalue weighted by Crippen LogP contribution is 2.13. The van der Waals surface area contributed by atoms with Gasteiger partial charge in [-0.05, 0) is 6.42 Å². The number of aromatic nitrogens is 2. The number of methoxy groups -OCH3 is 1. The van der Waals surface area contributed by atoms with Crippen LogP contribution in [0.5, 0.6) is 5.88 Å².